The summed E-state index contributed by atoms with van der Waals surface area (Å²) in [6, 6.07) is 12.6. The Morgan fingerprint density at radius 2 is 1.81 bits per heavy atom. The van der Waals surface area contributed by atoms with Crippen LogP contribution in [0.5, 0.6) is 11.5 Å². The number of rotatable bonds is 6. The molecule has 0 bridgehead atoms. The summed E-state index contributed by atoms with van der Waals surface area (Å²) < 4.78 is 5.97. The first kappa shape index (κ1) is 15.5. The predicted octanol–water partition coefficient (Wildman–Crippen LogP) is 4.42. The minimum absolute atomic E-state index is 0.358. The Kier molecular flexibility index (Phi) is 5.34. The predicted molar refractivity (Wildman–Crippen MR) is 87.0 cm³/mol. The van der Waals surface area contributed by atoms with Gasteiger partial charge in [-0.3, -0.25) is 4.98 Å². The molecule has 0 amide bonds. The van der Waals surface area contributed by atoms with E-state index in [1.807, 2.05) is 31.2 Å². The van der Waals surface area contributed by atoms with Gasteiger partial charge < -0.3 is 10.1 Å². The van der Waals surface area contributed by atoms with Crippen molar-refractivity contribution < 1.29 is 4.74 Å². The second-order valence-electron chi connectivity index (χ2n) is 5.20. The maximum atomic E-state index is 5.97. The van der Waals surface area contributed by atoms with E-state index in [1.54, 1.807) is 0 Å². The fourth-order valence-electron chi connectivity index (χ4n) is 2.32. The molecule has 0 saturated heterocycles. The van der Waals surface area contributed by atoms with Crippen LogP contribution in [0.2, 0.25) is 0 Å². The maximum absolute atomic E-state index is 5.97. The summed E-state index contributed by atoms with van der Waals surface area (Å²) >= 11 is 0. The fraction of sp³-hybridized carbons (Fsp3) is 0.389. The Hall–Kier alpha value is -1.87. The summed E-state index contributed by atoms with van der Waals surface area (Å²) in [5.74, 6) is 1.69. The van der Waals surface area contributed by atoms with Gasteiger partial charge in [0.2, 0.25) is 0 Å². The van der Waals surface area contributed by atoms with Crippen molar-refractivity contribution in [2.24, 2.45) is 0 Å². The summed E-state index contributed by atoms with van der Waals surface area (Å²) in [7, 11) is 0. The fourth-order valence-corrected chi connectivity index (χ4v) is 2.32. The number of hydrogen-bond acceptors (Lipinski definition) is 3. The zero-order chi connectivity index (χ0) is 15.2. The van der Waals surface area contributed by atoms with Gasteiger partial charge in [0.1, 0.15) is 11.5 Å². The molecule has 2 aromatic rings. The van der Waals surface area contributed by atoms with Crippen LogP contribution in [0.1, 0.15) is 43.8 Å². The monoisotopic (exact) mass is 284 g/mol. The highest BCUT2D eigenvalue weighted by Crippen LogP contribution is 2.26. The lowest BCUT2D eigenvalue weighted by Crippen LogP contribution is -2.17. The van der Waals surface area contributed by atoms with Crippen molar-refractivity contribution in [3.8, 4) is 11.5 Å². The molecule has 21 heavy (non-hydrogen) atoms. The minimum Gasteiger partial charge on any atom is -0.455 e. The van der Waals surface area contributed by atoms with Crippen molar-refractivity contribution in [3.05, 3.63) is 53.3 Å². The van der Waals surface area contributed by atoms with Gasteiger partial charge in [-0.25, -0.2) is 0 Å². The number of benzene rings is 1. The molecule has 1 aromatic carbocycles. The molecule has 0 aliphatic rings. The highest BCUT2D eigenvalue weighted by Gasteiger charge is 2.07. The standard InChI is InChI=1S/C18H24N2O/c1-5-17-18(12-7-13(3)20-17)21-16-10-8-15(9-11-16)14(4)19-6-2/h7-12,14,19H,5-6H2,1-4H3. The molecule has 0 aliphatic heterocycles. The molecule has 0 spiro atoms. The number of aryl methyl sites for hydroxylation is 2. The third kappa shape index (κ3) is 4.05. The van der Waals surface area contributed by atoms with Crippen LogP contribution in [0.4, 0.5) is 0 Å². The lowest BCUT2D eigenvalue weighted by atomic mass is 10.1. The largest absolute Gasteiger partial charge is 0.455 e. The first-order valence-corrected chi connectivity index (χ1v) is 7.61. The Balaban J connectivity index is 2.13. The van der Waals surface area contributed by atoms with Crippen LogP contribution >= 0.6 is 0 Å². The van der Waals surface area contributed by atoms with Gasteiger partial charge in [-0.05, 0) is 56.6 Å². The molecule has 3 nitrogen and oxygen atoms in total. The number of nitrogens with one attached hydrogen (secondary N) is 1. The van der Waals surface area contributed by atoms with Crippen molar-refractivity contribution in [1.29, 1.82) is 0 Å². The maximum Gasteiger partial charge on any atom is 0.148 e. The molecule has 1 unspecified atom stereocenters. The lowest BCUT2D eigenvalue weighted by Gasteiger charge is -2.14. The smallest absolute Gasteiger partial charge is 0.148 e. The molecule has 2 rings (SSSR count). The summed E-state index contributed by atoms with van der Waals surface area (Å²) in [6.45, 7) is 9.34. The van der Waals surface area contributed by atoms with E-state index in [2.05, 4.69) is 43.2 Å². The van der Waals surface area contributed by atoms with Crippen LogP contribution in [0.15, 0.2) is 36.4 Å². The van der Waals surface area contributed by atoms with Gasteiger partial charge in [-0.1, -0.05) is 26.0 Å². The molecular formula is C18H24N2O. The highest BCUT2D eigenvalue weighted by molar-refractivity contribution is 5.36. The van der Waals surface area contributed by atoms with Gasteiger partial charge >= 0.3 is 0 Å². The van der Waals surface area contributed by atoms with Crippen LogP contribution in [0.3, 0.4) is 0 Å². The summed E-state index contributed by atoms with van der Waals surface area (Å²) in [6.07, 6.45) is 0.868. The van der Waals surface area contributed by atoms with E-state index in [9.17, 15) is 0 Å². The summed E-state index contributed by atoms with van der Waals surface area (Å²) in [4.78, 5) is 4.52. The molecule has 1 atom stereocenters. The Bertz CT molecular complexity index is 578. The molecule has 112 valence electrons. The number of ether oxygens (including phenoxy) is 1. The van der Waals surface area contributed by atoms with Gasteiger partial charge in [0, 0.05) is 11.7 Å². The Labute approximate surface area is 127 Å². The molecule has 1 aromatic heterocycles. The molecule has 0 radical (unpaired) electrons. The Morgan fingerprint density at radius 3 is 2.43 bits per heavy atom. The van der Waals surface area contributed by atoms with Crippen molar-refractivity contribution in [2.45, 2.75) is 40.2 Å². The number of nitrogens with zero attached hydrogens (tertiary/aromatic N) is 1. The number of pyridine rings is 1. The average molecular weight is 284 g/mol. The van der Waals surface area contributed by atoms with Crippen molar-refractivity contribution >= 4 is 0 Å². The van der Waals surface area contributed by atoms with E-state index in [0.29, 0.717) is 6.04 Å². The summed E-state index contributed by atoms with van der Waals surface area (Å²) in [5.41, 5.74) is 3.29. The van der Waals surface area contributed by atoms with Crippen LogP contribution in [-0.2, 0) is 6.42 Å². The van der Waals surface area contributed by atoms with E-state index in [1.165, 1.54) is 5.56 Å². The zero-order valence-corrected chi connectivity index (χ0v) is 13.3. The van der Waals surface area contributed by atoms with E-state index < -0.39 is 0 Å². The van der Waals surface area contributed by atoms with Gasteiger partial charge in [0.25, 0.3) is 0 Å². The van der Waals surface area contributed by atoms with Crippen LogP contribution < -0.4 is 10.1 Å². The highest BCUT2D eigenvalue weighted by atomic mass is 16.5. The SMILES string of the molecule is CCNC(C)c1ccc(Oc2ccc(C)nc2CC)cc1. The first-order valence-electron chi connectivity index (χ1n) is 7.61. The van der Waals surface area contributed by atoms with E-state index in [0.717, 1.165) is 35.9 Å². The molecule has 0 saturated carbocycles. The van der Waals surface area contributed by atoms with Gasteiger partial charge in [0.15, 0.2) is 0 Å². The van der Waals surface area contributed by atoms with Crippen LogP contribution in [0, 0.1) is 6.92 Å². The molecule has 0 aliphatic carbocycles. The molecule has 1 N–H and O–H groups in total. The first-order chi connectivity index (χ1) is 10.1. The second kappa shape index (κ2) is 7.23. The molecule has 0 fully saturated rings. The Morgan fingerprint density at radius 1 is 1.10 bits per heavy atom. The van der Waals surface area contributed by atoms with Crippen molar-refractivity contribution in [1.82, 2.24) is 10.3 Å². The lowest BCUT2D eigenvalue weighted by molar-refractivity contribution is 0.472. The molecule has 1 heterocycles. The quantitative estimate of drug-likeness (QED) is 0.853. The van der Waals surface area contributed by atoms with Crippen molar-refractivity contribution in [3.63, 3.8) is 0 Å². The van der Waals surface area contributed by atoms with E-state index in [4.69, 9.17) is 4.74 Å². The third-order valence-corrected chi connectivity index (χ3v) is 3.52. The topological polar surface area (TPSA) is 34.1 Å². The number of hydrogen-bond donors (Lipinski definition) is 1. The van der Waals surface area contributed by atoms with Crippen LogP contribution in [0.25, 0.3) is 0 Å². The van der Waals surface area contributed by atoms with Crippen LogP contribution in [-0.4, -0.2) is 11.5 Å². The van der Waals surface area contributed by atoms with Gasteiger partial charge in [-0.15, -0.1) is 0 Å². The molecule has 3 heteroatoms. The summed E-state index contributed by atoms with van der Waals surface area (Å²) in [5, 5.41) is 3.40. The average Bonchev–Trinajstić information content (AvgIpc) is 2.50. The van der Waals surface area contributed by atoms with E-state index >= 15 is 0 Å². The normalized spacial score (nSPS) is 12.2. The van der Waals surface area contributed by atoms with Crippen molar-refractivity contribution in [2.75, 3.05) is 6.54 Å². The molecular weight excluding hydrogens is 260 g/mol. The van der Waals surface area contributed by atoms with E-state index in [-0.39, 0.29) is 0 Å². The van der Waals surface area contributed by atoms with Gasteiger partial charge in [0.05, 0.1) is 5.69 Å². The minimum atomic E-state index is 0.358. The number of aromatic nitrogens is 1. The second-order valence-corrected chi connectivity index (χ2v) is 5.20. The van der Waals surface area contributed by atoms with Gasteiger partial charge in [-0.2, -0.15) is 0 Å². The third-order valence-electron chi connectivity index (χ3n) is 3.52. The zero-order valence-electron chi connectivity index (χ0n) is 13.3.